The summed E-state index contributed by atoms with van der Waals surface area (Å²) < 4.78 is 48.1. The number of phosphoric ester groups is 2. The maximum absolute atomic E-state index is 12.1. The van der Waals surface area contributed by atoms with E-state index in [9.17, 15) is 49.2 Å². The van der Waals surface area contributed by atoms with Gasteiger partial charge in [0.15, 0.2) is 23.7 Å². The van der Waals surface area contributed by atoms with Gasteiger partial charge in [0.25, 0.3) is 21.2 Å². The van der Waals surface area contributed by atoms with Crippen LogP contribution >= 0.6 is 15.6 Å². The van der Waals surface area contributed by atoms with Gasteiger partial charge in [0.1, 0.15) is 42.7 Å². The Morgan fingerprint density at radius 2 is 1.63 bits per heavy atom. The van der Waals surface area contributed by atoms with Crippen molar-refractivity contribution in [3.05, 3.63) is 16.7 Å². The molecule has 0 bridgehead atoms. The maximum Gasteiger partial charge on any atom is 1.00 e. The summed E-state index contributed by atoms with van der Waals surface area (Å²) in [6, 6.07) is 0. The molecule has 0 aliphatic carbocycles. The van der Waals surface area contributed by atoms with Crippen molar-refractivity contribution >= 4 is 32.8 Å². The van der Waals surface area contributed by atoms with Crippen LogP contribution in [0, 0.1) is 0 Å². The van der Waals surface area contributed by atoms with Crippen molar-refractivity contribution in [1.29, 1.82) is 0 Å². The number of phosphoric acid groups is 2. The first kappa shape index (κ1) is 37.3. The summed E-state index contributed by atoms with van der Waals surface area (Å²) in [7, 11) is -11.7. The number of aliphatic hydroxyl groups is 6. The molecule has 2 unspecified atom stereocenters. The van der Waals surface area contributed by atoms with E-state index in [1.165, 1.54) is 0 Å². The van der Waals surface area contributed by atoms with E-state index >= 15 is 0 Å². The van der Waals surface area contributed by atoms with Gasteiger partial charge in [-0.15, -0.1) is 0 Å². The number of aromatic amines is 1. The zero-order valence-corrected chi connectivity index (χ0v) is 27.1. The summed E-state index contributed by atoms with van der Waals surface area (Å²) in [4.78, 5) is 46.1. The molecule has 2 aliphatic rings. The second kappa shape index (κ2) is 14.5. The Morgan fingerprint density at radius 3 is 2.27 bits per heavy atom. The number of rotatable bonds is 9. The van der Waals surface area contributed by atoms with Crippen molar-refractivity contribution in [2.75, 3.05) is 18.9 Å². The van der Waals surface area contributed by atoms with Crippen LogP contribution in [-0.2, 0) is 32.0 Å². The number of fused-ring (bicyclic) bond motifs is 1. The smallest absolute Gasteiger partial charge is 0.756 e. The molecule has 2 aliphatic heterocycles. The zero-order valence-electron chi connectivity index (χ0n) is 21.3. The molecule has 0 spiro atoms. The molecular formula is C16H23N5Na2O16P2. The van der Waals surface area contributed by atoms with Crippen molar-refractivity contribution in [2.24, 2.45) is 0 Å². The molecule has 21 nitrogen and oxygen atoms in total. The summed E-state index contributed by atoms with van der Waals surface area (Å²) in [6.07, 6.45) is -15.5. The Morgan fingerprint density at radius 1 is 1.00 bits per heavy atom. The Bertz CT molecular complexity index is 1350. The van der Waals surface area contributed by atoms with Gasteiger partial charge in [-0.2, -0.15) is 4.98 Å². The van der Waals surface area contributed by atoms with E-state index in [2.05, 4.69) is 28.3 Å². The molecule has 25 heteroatoms. The van der Waals surface area contributed by atoms with E-state index < -0.39 is 89.7 Å². The van der Waals surface area contributed by atoms with Crippen LogP contribution in [0.3, 0.4) is 0 Å². The number of imidazole rings is 1. The molecule has 41 heavy (non-hydrogen) atoms. The summed E-state index contributed by atoms with van der Waals surface area (Å²) >= 11 is 0. The van der Waals surface area contributed by atoms with Gasteiger partial charge in [0.2, 0.25) is 5.95 Å². The molecule has 4 heterocycles. The molecule has 0 saturated carbocycles. The van der Waals surface area contributed by atoms with E-state index in [0.29, 0.717) is 0 Å². The predicted octanol–water partition coefficient (Wildman–Crippen LogP) is -11.9. The number of H-pyrrole nitrogens is 1. The molecule has 2 aromatic heterocycles. The van der Waals surface area contributed by atoms with E-state index in [-0.39, 0.29) is 76.2 Å². The molecule has 4 rings (SSSR count). The van der Waals surface area contributed by atoms with Gasteiger partial charge >= 0.3 is 59.1 Å². The topological polar surface area (TPSA) is 337 Å². The van der Waals surface area contributed by atoms with Gasteiger partial charge < -0.3 is 60.2 Å². The summed E-state index contributed by atoms with van der Waals surface area (Å²) in [5.74, 6) is -0.292. The van der Waals surface area contributed by atoms with Crippen LogP contribution in [0.5, 0.6) is 0 Å². The van der Waals surface area contributed by atoms with Crippen LogP contribution in [0.25, 0.3) is 11.2 Å². The Hall–Kier alpha value is 0.0900. The number of anilines is 1. The molecule has 11 atom stereocenters. The monoisotopic (exact) mass is 649 g/mol. The molecule has 2 aromatic rings. The van der Waals surface area contributed by atoms with Crippen LogP contribution < -0.4 is 80.2 Å². The Kier molecular flexibility index (Phi) is 13.1. The molecule has 2 saturated heterocycles. The second-order valence-corrected chi connectivity index (χ2v) is 11.3. The van der Waals surface area contributed by atoms with Gasteiger partial charge in [-0.1, -0.05) is 0 Å². The van der Waals surface area contributed by atoms with E-state index in [1.807, 2.05) is 0 Å². The van der Waals surface area contributed by atoms with Crippen LogP contribution in [-0.4, -0.2) is 112 Å². The normalized spacial score (nSPS) is 34.8. The van der Waals surface area contributed by atoms with Crippen molar-refractivity contribution in [3.8, 4) is 0 Å². The van der Waals surface area contributed by atoms with Crippen molar-refractivity contribution in [1.82, 2.24) is 19.5 Å². The second-order valence-electron chi connectivity index (χ2n) is 8.40. The number of aliphatic hydroxyl groups excluding tert-OH is 6. The van der Waals surface area contributed by atoms with Gasteiger partial charge in [0, 0.05) is 0 Å². The number of hydrogen-bond donors (Lipinski definition) is 8. The number of ether oxygens (including phenoxy) is 2. The first-order valence-electron chi connectivity index (χ1n) is 10.8. The van der Waals surface area contributed by atoms with Gasteiger partial charge in [-0.05, 0) is 0 Å². The molecule has 0 aromatic carbocycles. The van der Waals surface area contributed by atoms with E-state index in [1.54, 1.807) is 0 Å². The van der Waals surface area contributed by atoms with Crippen molar-refractivity contribution in [3.63, 3.8) is 0 Å². The van der Waals surface area contributed by atoms with Crippen LogP contribution in [0.1, 0.15) is 6.23 Å². The summed E-state index contributed by atoms with van der Waals surface area (Å²) in [5.41, 5.74) is 4.48. The minimum Gasteiger partial charge on any atom is -0.756 e. The SMILES string of the molecule is Nc1nc2c(ncn2[C@@H]2O[C@H](COP(=O)([O-])OP(=O)([O-])O[C@H]3O[C@H](CO)[C@@H](O)[C@H](O)[C@H]3O)[C@@H](O)[C@H]2O)c(=O)[nH]1.[Na+].[Na+]. The van der Waals surface area contributed by atoms with Crippen LogP contribution in [0.15, 0.2) is 11.1 Å². The number of aromatic nitrogens is 4. The van der Waals surface area contributed by atoms with E-state index in [0.717, 1.165) is 10.9 Å². The zero-order chi connectivity index (χ0) is 28.9. The fourth-order valence-electron chi connectivity index (χ4n) is 3.84. The number of nitrogens with zero attached hydrogens (tertiary/aromatic N) is 3. The third kappa shape index (κ3) is 8.23. The summed E-state index contributed by atoms with van der Waals surface area (Å²) in [6.45, 7) is -2.01. The van der Waals surface area contributed by atoms with Gasteiger partial charge in [-0.25, -0.2) is 9.29 Å². The standard InChI is InChI=1S/C16H25N5O16P2.2Na/c17-16-19-12-6(13(28)20-16)18-3-21(12)14-10(26)8(24)5(34-14)2-33-38(29,30)37-39(31,32)36-15-11(27)9(25)7(23)4(1-22)35-15;;/h3-5,7-11,14-15,22-27H,1-2H2,(H,29,30)(H,31,32)(H3,17,19,20,28);;/q;2*+1/p-2/t4-,5-,7-,8-,9+,10-,11-,14-,15-;;/m1../s1. The van der Waals surface area contributed by atoms with Crippen molar-refractivity contribution in [2.45, 2.75) is 55.2 Å². The fraction of sp³-hybridized carbons (Fsp3) is 0.688. The number of nitrogens with one attached hydrogen (secondary N) is 1. The largest absolute Gasteiger partial charge is 1.00 e. The Labute approximate surface area is 273 Å². The summed E-state index contributed by atoms with van der Waals surface area (Å²) in [5, 5.41) is 59.1. The fourth-order valence-corrected chi connectivity index (χ4v) is 5.92. The maximum atomic E-state index is 12.1. The van der Waals surface area contributed by atoms with Gasteiger partial charge in [0.05, 0.1) is 19.5 Å². The predicted molar refractivity (Wildman–Crippen MR) is 116 cm³/mol. The quantitative estimate of drug-likeness (QED) is 0.0923. The molecular weight excluding hydrogens is 626 g/mol. The molecule has 9 N–H and O–H groups in total. The van der Waals surface area contributed by atoms with Crippen molar-refractivity contribution < 1.29 is 132 Å². The average molecular weight is 649 g/mol. The first-order chi connectivity index (χ1) is 18.1. The third-order valence-electron chi connectivity index (χ3n) is 5.74. The van der Waals surface area contributed by atoms with Crippen LogP contribution in [0.2, 0.25) is 0 Å². The van der Waals surface area contributed by atoms with E-state index in [4.69, 9.17) is 20.3 Å². The number of nitrogens with two attached hydrogens (primary N) is 1. The Balaban J connectivity index is 0.00000294. The average Bonchev–Trinajstić information content (AvgIpc) is 3.38. The molecule has 220 valence electrons. The minimum atomic E-state index is -5.91. The third-order valence-corrected chi connectivity index (χ3v) is 8.27. The molecule has 0 amide bonds. The first-order valence-corrected chi connectivity index (χ1v) is 13.8. The number of hydrogen-bond acceptors (Lipinski definition) is 19. The van der Waals surface area contributed by atoms with Gasteiger partial charge in [-0.3, -0.25) is 28.0 Å². The molecule has 0 radical (unpaired) electrons. The van der Waals surface area contributed by atoms with Crippen LogP contribution in [0.4, 0.5) is 5.95 Å². The molecule has 2 fully saturated rings. The minimum absolute atomic E-state index is 0. The number of nitrogen functional groups attached to an aromatic ring is 1.